The van der Waals surface area contributed by atoms with E-state index in [1.807, 2.05) is 11.4 Å². The van der Waals surface area contributed by atoms with E-state index in [-0.39, 0.29) is 11.9 Å². The largest absolute Gasteiger partial charge is 0.325 e. The Morgan fingerprint density at radius 3 is 2.68 bits per heavy atom. The minimum atomic E-state index is -0.598. The monoisotopic (exact) mass is 342 g/mol. The Balaban J connectivity index is 1.90. The van der Waals surface area contributed by atoms with E-state index < -0.39 is 5.54 Å². The highest BCUT2D eigenvalue weighted by atomic mass is 79.9. The van der Waals surface area contributed by atoms with Gasteiger partial charge in [0.25, 0.3) is 5.91 Å². The molecule has 0 bridgehead atoms. The van der Waals surface area contributed by atoms with Crippen molar-refractivity contribution in [2.24, 2.45) is 0 Å². The first kappa shape index (κ1) is 13.1. The summed E-state index contributed by atoms with van der Waals surface area (Å²) in [5.74, 6) is -0.107. The summed E-state index contributed by atoms with van der Waals surface area (Å²) < 4.78 is 1.01. The van der Waals surface area contributed by atoms with Crippen LogP contribution in [0, 0.1) is 0 Å². The van der Waals surface area contributed by atoms with E-state index in [1.165, 1.54) is 0 Å². The Morgan fingerprint density at radius 1 is 1.32 bits per heavy atom. The van der Waals surface area contributed by atoms with Gasteiger partial charge in [-0.3, -0.25) is 10.1 Å². The summed E-state index contributed by atoms with van der Waals surface area (Å²) in [6.07, 6.45) is 4.76. The van der Waals surface area contributed by atoms with Crippen LogP contribution in [0.1, 0.15) is 37.0 Å². The van der Waals surface area contributed by atoms with Crippen LogP contribution in [0.15, 0.2) is 15.9 Å². The lowest BCUT2D eigenvalue weighted by Gasteiger charge is -2.38. The molecule has 4 nitrogen and oxygen atoms in total. The fourth-order valence-corrected chi connectivity index (χ4v) is 4.50. The van der Waals surface area contributed by atoms with Gasteiger partial charge in [-0.15, -0.1) is 11.3 Å². The number of imide groups is 1. The van der Waals surface area contributed by atoms with Crippen molar-refractivity contribution in [2.45, 2.75) is 44.2 Å². The van der Waals surface area contributed by atoms with Gasteiger partial charge in [-0.25, -0.2) is 4.79 Å². The topological polar surface area (TPSA) is 49.4 Å². The van der Waals surface area contributed by atoms with Crippen LogP contribution in [-0.4, -0.2) is 22.4 Å². The molecule has 1 saturated heterocycles. The first-order valence-electron chi connectivity index (χ1n) is 6.48. The summed E-state index contributed by atoms with van der Waals surface area (Å²) in [7, 11) is 0. The first-order chi connectivity index (χ1) is 9.13. The molecule has 0 radical (unpaired) electrons. The molecule has 1 saturated carbocycles. The van der Waals surface area contributed by atoms with E-state index in [4.69, 9.17) is 0 Å². The zero-order valence-electron chi connectivity index (χ0n) is 10.4. The Morgan fingerprint density at radius 2 is 2.05 bits per heavy atom. The zero-order chi connectivity index (χ0) is 13.5. The molecule has 1 aliphatic heterocycles. The molecule has 1 N–H and O–H groups in total. The molecule has 2 heterocycles. The summed E-state index contributed by atoms with van der Waals surface area (Å²) in [6, 6.07) is 1.73. The van der Waals surface area contributed by atoms with Gasteiger partial charge in [-0.1, -0.05) is 19.3 Å². The van der Waals surface area contributed by atoms with E-state index in [1.54, 1.807) is 16.2 Å². The van der Waals surface area contributed by atoms with E-state index in [2.05, 4.69) is 21.2 Å². The second-order valence-electron chi connectivity index (χ2n) is 5.13. The molecule has 2 aliphatic rings. The summed E-state index contributed by atoms with van der Waals surface area (Å²) >= 11 is 5.10. The number of carbonyl (C=O) groups excluding carboxylic acids is 2. The highest BCUT2D eigenvalue weighted by Gasteiger charge is 2.52. The van der Waals surface area contributed by atoms with Crippen LogP contribution in [0.5, 0.6) is 0 Å². The van der Waals surface area contributed by atoms with Crippen molar-refractivity contribution in [3.63, 3.8) is 0 Å². The van der Waals surface area contributed by atoms with Crippen LogP contribution in [0.25, 0.3) is 0 Å². The Bertz CT molecular complexity index is 522. The molecule has 2 fully saturated rings. The fraction of sp³-hybridized carbons (Fsp3) is 0.538. The highest BCUT2D eigenvalue weighted by molar-refractivity contribution is 9.10. The number of amides is 3. The minimum absolute atomic E-state index is 0.107. The molecule has 6 heteroatoms. The maximum Gasteiger partial charge on any atom is 0.325 e. The number of nitrogens with one attached hydrogen (secondary N) is 1. The number of hydrogen-bond acceptors (Lipinski definition) is 3. The van der Waals surface area contributed by atoms with Crippen LogP contribution >= 0.6 is 27.3 Å². The Kier molecular flexibility index (Phi) is 3.39. The average molecular weight is 343 g/mol. The fourth-order valence-electron chi connectivity index (χ4n) is 3.04. The minimum Gasteiger partial charge on any atom is -0.305 e. The van der Waals surface area contributed by atoms with Gasteiger partial charge in [-0.2, -0.15) is 0 Å². The molecule has 0 unspecified atom stereocenters. The third-order valence-electron chi connectivity index (χ3n) is 4.08. The van der Waals surface area contributed by atoms with Gasteiger partial charge in [0, 0.05) is 9.35 Å². The zero-order valence-corrected chi connectivity index (χ0v) is 12.8. The molecule has 19 heavy (non-hydrogen) atoms. The van der Waals surface area contributed by atoms with Crippen LogP contribution in [0.2, 0.25) is 0 Å². The van der Waals surface area contributed by atoms with Crippen molar-refractivity contribution in [1.82, 2.24) is 10.2 Å². The van der Waals surface area contributed by atoms with Crippen molar-refractivity contribution in [3.8, 4) is 0 Å². The smallest absolute Gasteiger partial charge is 0.305 e. The molecule has 3 rings (SSSR count). The molecular weight excluding hydrogens is 328 g/mol. The quantitative estimate of drug-likeness (QED) is 0.838. The molecule has 3 amide bonds. The normalized spacial score (nSPS) is 22.1. The summed E-state index contributed by atoms with van der Waals surface area (Å²) in [6.45, 7) is 0.510. The Hall–Kier alpha value is -0.880. The van der Waals surface area contributed by atoms with Gasteiger partial charge in [0.15, 0.2) is 0 Å². The average Bonchev–Trinajstić information content (AvgIpc) is 2.89. The van der Waals surface area contributed by atoms with Crippen molar-refractivity contribution in [1.29, 1.82) is 0 Å². The molecule has 1 spiro atoms. The maximum atomic E-state index is 12.2. The first-order valence-corrected chi connectivity index (χ1v) is 8.16. The van der Waals surface area contributed by atoms with E-state index in [9.17, 15) is 9.59 Å². The van der Waals surface area contributed by atoms with Crippen molar-refractivity contribution < 1.29 is 9.59 Å². The predicted molar refractivity (Wildman–Crippen MR) is 76.9 cm³/mol. The third kappa shape index (κ3) is 2.10. The van der Waals surface area contributed by atoms with Gasteiger partial charge in [-0.05, 0) is 40.2 Å². The molecule has 0 aromatic carbocycles. The van der Waals surface area contributed by atoms with Gasteiger partial charge in [0.1, 0.15) is 5.54 Å². The van der Waals surface area contributed by atoms with Gasteiger partial charge >= 0.3 is 6.03 Å². The van der Waals surface area contributed by atoms with Gasteiger partial charge in [0.05, 0.1) is 6.54 Å². The number of thiophene rings is 1. The lowest BCUT2D eigenvalue weighted by molar-refractivity contribution is -0.128. The van der Waals surface area contributed by atoms with E-state index in [0.29, 0.717) is 6.54 Å². The van der Waals surface area contributed by atoms with Gasteiger partial charge < -0.3 is 4.90 Å². The van der Waals surface area contributed by atoms with Crippen LogP contribution in [-0.2, 0) is 11.3 Å². The lowest BCUT2D eigenvalue weighted by atomic mass is 9.80. The number of urea groups is 1. The molecule has 1 aromatic heterocycles. The second-order valence-corrected chi connectivity index (χ2v) is 6.98. The number of halogens is 1. The van der Waals surface area contributed by atoms with E-state index in [0.717, 1.165) is 41.5 Å². The molecular formula is C13H15BrN2O2S. The Labute approximate surface area is 124 Å². The van der Waals surface area contributed by atoms with Crippen molar-refractivity contribution in [2.75, 3.05) is 0 Å². The summed E-state index contributed by atoms with van der Waals surface area (Å²) in [4.78, 5) is 27.1. The summed E-state index contributed by atoms with van der Waals surface area (Å²) in [5.41, 5.74) is -0.598. The predicted octanol–water partition coefficient (Wildman–Crippen LogP) is 3.27. The lowest BCUT2D eigenvalue weighted by Crippen LogP contribution is -2.50. The van der Waals surface area contributed by atoms with Crippen molar-refractivity contribution in [3.05, 3.63) is 20.8 Å². The van der Waals surface area contributed by atoms with Crippen LogP contribution < -0.4 is 5.32 Å². The van der Waals surface area contributed by atoms with E-state index >= 15 is 0 Å². The van der Waals surface area contributed by atoms with Gasteiger partial charge in [0.2, 0.25) is 0 Å². The SMILES string of the molecule is O=C1NC(=O)C2(CCCCC2)N1Cc1sccc1Br. The number of carbonyl (C=O) groups is 2. The van der Waals surface area contributed by atoms with Crippen LogP contribution in [0.3, 0.4) is 0 Å². The highest BCUT2D eigenvalue weighted by Crippen LogP contribution is 2.39. The molecule has 0 atom stereocenters. The third-order valence-corrected chi connectivity index (χ3v) is 5.99. The molecule has 1 aromatic rings. The number of nitrogens with zero attached hydrogens (tertiary/aromatic N) is 1. The number of hydrogen-bond donors (Lipinski definition) is 1. The maximum absolute atomic E-state index is 12.2. The molecule has 1 aliphatic carbocycles. The standard InChI is InChI=1S/C13H15BrN2O2S/c14-9-4-7-19-10(9)8-16-12(18)15-11(17)13(16)5-2-1-3-6-13/h4,7H,1-3,5-6,8H2,(H,15,17,18). The summed E-state index contributed by atoms with van der Waals surface area (Å²) in [5, 5.41) is 4.49. The molecule has 102 valence electrons. The number of rotatable bonds is 2. The van der Waals surface area contributed by atoms with Crippen molar-refractivity contribution >= 4 is 39.2 Å². The van der Waals surface area contributed by atoms with Crippen LogP contribution in [0.4, 0.5) is 4.79 Å². The second kappa shape index (κ2) is 4.90.